The molecule has 1 unspecified atom stereocenters. The summed E-state index contributed by atoms with van der Waals surface area (Å²) in [6.07, 6.45) is 2.96. The molecule has 0 aliphatic heterocycles. The predicted octanol–water partition coefficient (Wildman–Crippen LogP) is 1.38. The maximum atomic E-state index is 12.0. The number of carboxylic acid groups (broad SMARTS) is 1. The van der Waals surface area contributed by atoms with E-state index in [9.17, 15) is 14.7 Å². The van der Waals surface area contributed by atoms with Crippen LogP contribution < -0.4 is 10.1 Å². The zero-order chi connectivity index (χ0) is 16.8. The number of hydrogen-bond acceptors (Lipinski definition) is 5. The van der Waals surface area contributed by atoms with Crippen LogP contribution in [0.3, 0.4) is 0 Å². The van der Waals surface area contributed by atoms with Crippen LogP contribution in [0.2, 0.25) is 0 Å². The molecular formula is C14H15BrN4O4. The number of amides is 1. The van der Waals surface area contributed by atoms with Gasteiger partial charge in [-0.1, -0.05) is 6.07 Å². The molecule has 0 spiro atoms. The van der Waals surface area contributed by atoms with E-state index < -0.39 is 12.0 Å². The van der Waals surface area contributed by atoms with Gasteiger partial charge in [-0.2, -0.15) is 5.10 Å². The number of methoxy groups -OCH3 is 1. The first kappa shape index (κ1) is 16.9. The van der Waals surface area contributed by atoms with Crippen LogP contribution in [0.4, 0.5) is 0 Å². The first-order valence-corrected chi connectivity index (χ1v) is 7.48. The summed E-state index contributed by atoms with van der Waals surface area (Å²) in [5.74, 6) is -0.952. The smallest absolute Gasteiger partial charge is 0.330 e. The van der Waals surface area contributed by atoms with Gasteiger partial charge in [-0.15, -0.1) is 0 Å². The topological polar surface area (TPSA) is 106 Å². The van der Waals surface area contributed by atoms with Gasteiger partial charge >= 0.3 is 5.97 Å². The Morgan fingerprint density at radius 3 is 2.83 bits per heavy atom. The van der Waals surface area contributed by atoms with Crippen LogP contribution in [0.5, 0.6) is 5.75 Å². The van der Waals surface area contributed by atoms with Crippen molar-refractivity contribution in [3.8, 4) is 5.75 Å². The molecule has 2 N–H and O–H groups in total. The molecule has 2 aromatic rings. The number of rotatable bonds is 7. The molecule has 1 aromatic carbocycles. The predicted molar refractivity (Wildman–Crippen MR) is 83.9 cm³/mol. The Bertz CT molecular complexity index is 690. The summed E-state index contributed by atoms with van der Waals surface area (Å²) in [4.78, 5) is 27.2. The number of carbonyl (C=O) groups excluding carboxylic acids is 1. The first-order valence-electron chi connectivity index (χ1n) is 6.69. The number of nitrogens with zero attached hydrogens (tertiary/aromatic N) is 3. The lowest BCUT2D eigenvalue weighted by Gasteiger charge is -2.16. The Morgan fingerprint density at radius 1 is 1.48 bits per heavy atom. The number of hydrogen-bond donors (Lipinski definition) is 2. The number of halogens is 1. The third-order valence-electron chi connectivity index (χ3n) is 3.10. The Hall–Kier alpha value is -2.42. The van der Waals surface area contributed by atoms with Gasteiger partial charge in [0.25, 0.3) is 0 Å². The van der Waals surface area contributed by atoms with Gasteiger partial charge in [0.15, 0.2) is 6.04 Å². The summed E-state index contributed by atoms with van der Waals surface area (Å²) in [5, 5.41) is 15.7. The van der Waals surface area contributed by atoms with Crippen molar-refractivity contribution in [2.24, 2.45) is 0 Å². The van der Waals surface area contributed by atoms with Crippen LogP contribution in [-0.4, -0.2) is 38.9 Å². The molecule has 0 saturated carbocycles. The molecule has 0 aliphatic carbocycles. The summed E-state index contributed by atoms with van der Waals surface area (Å²) in [6.45, 7) is 0.324. The van der Waals surface area contributed by atoms with E-state index in [1.807, 2.05) is 0 Å². The van der Waals surface area contributed by atoms with Crippen LogP contribution in [0.1, 0.15) is 18.0 Å². The largest absolute Gasteiger partial charge is 0.496 e. The van der Waals surface area contributed by atoms with Crippen LogP contribution in [-0.2, 0) is 16.1 Å². The minimum atomic E-state index is -1.14. The fourth-order valence-electron chi connectivity index (χ4n) is 1.95. The zero-order valence-corrected chi connectivity index (χ0v) is 13.9. The number of aliphatic carboxylic acids is 1. The molecule has 1 aromatic heterocycles. The molecule has 1 amide bonds. The van der Waals surface area contributed by atoms with Gasteiger partial charge < -0.3 is 15.2 Å². The van der Waals surface area contributed by atoms with Gasteiger partial charge in [0.1, 0.15) is 18.4 Å². The fraction of sp³-hybridized carbons (Fsp3) is 0.286. The first-order chi connectivity index (χ1) is 11.0. The molecule has 0 saturated heterocycles. The Morgan fingerprint density at radius 2 is 2.26 bits per heavy atom. The zero-order valence-electron chi connectivity index (χ0n) is 12.3. The standard InChI is InChI=1S/C14H15BrN4O4/c1-23-11-3-2-9(6-10(11)15)13(14(21)22)18-12(20)4-5-19-8-16-7-17-19/h2-3,6-8,13H,4-5H2,1H3,(H,18,20)(H,21,22). The molecule has 0 fully saturated rings. The second kappa shape index (κ2) is 7.73. The lowest BCUT2D eigenvalue weighted by molar-refractivity contribution is -0.142. The number of carboxylic acids is 1. The number of benzene rings is 1. The van der Waals surface area contributed by atoms with Crippen molar-refractivity contribution in [2.75, 3.05) is 7.11 Å². The van der Waals surface area contributed by atoms with Gasteiger partial charge in [-0.25, -0.2) is 9.78 Å². The molecule has 1 heterocycles. The lowest BCUT2D eigenvalue weighted by atomic mass is 10.1. The average Bonchev–Trinajstić information content (AvgIpc) is 3.03. The normalized spacial score (nSPS) is 11.7. The molecule has 8 nitrogen and oxygen atoms in total. The fourth-order valence-corrected chi connectivity index (χ4v) is 2.51. The number of aromatic nitrogens is 3. The maximum Gasteiger partial charge on any atom is 0.330 e. The minimum Gasteiger partial charge on any atom is -0.496 e. The van der Waals surface area contributed by atoms with Crippen molar-refractivity contribution >= 4 is 27.8 Å². The summed E-state index contributed by atoms with van der Waals surface area (Å²) in [7, 11) is 1.51. The van der Waals surface area contributed by atoms with Crippen molar-refractivity contribution in [3.05, 3.63) is 40.9 Å². The highest BCUT2D eigenvalue weighted by atomic mass is 79.9. The Labute approximate surface area is 140 Å². The van der Waals surface area contributed by atoms with E-state index in [1.165, 1.54) is 24.4 Å². The molecule has 122 valence electrons. The van der Waals surface area contributed by atoms with Crippen LogP contribution in [0.15, 0.2) is 35.3 Å². The number of carbonyl (C=O) groups is 2. The van der Waals surface area contributed by atoms with Crippen molar-refractivity contribution in [2.45, 2.75) is 19.0 Å². The van der Waals surface area contributed by atoms with E-state index in [0.29, 0.717) is 22.3 Å². The van der Waals surface area contributed by atoms with Crippen molar-refractivity contribution in [1.82, 2.24) is 20.1 Å². The molecule has 0 aliphatic rings. The van der Waals surface area contributed by atoms with E-state index in [-0.39, 0.29) is 12.3 Å². The van der Waals surface area contributed by atoms with E-state index >= 15 is 0 Å². The molecular weight excluding hydrogens is 368 g/mol. The third kappa shape index (κ3) is 4.52. The van der Waals surface area contributed by atoms with Gasteiger partial charge in [0, 0.05) is 6.42 Å². The summed E-state index contributed by atoms with van der Waals surface area (Å²) in [6, 6.07) is 3.70. The number of nitrogens with one attached hydrogen (secondary N) is 1. The lowest BCUT2D eigenvalue weighted by Crippen LogP contribution is -2.34. The second-order valence-electron chi connectivity index (χ2n) is 4.64. The molecule has 9 heteroatoms. The van der Waals surface area contributed by atoms with E-state index in [0.717, 1.165) is 0 Å². The summed E-state index contributed by atoms with van der Waals surface area (Å²) >= 11 is 3.30. The van der Waals surface area contributed by atoms with Gasteiger partial charge in [-0.05, 0) is 33.6 Å². The summed E-state index contributed by atoms with van der Waals surface area (Å²) < 4.78 is 7.21. The summed E-state index contributed by atoms with van der Waals surface area (Å²) in [5.41, 5.74) is 0.444. The maximum absolute atomic E-state index is 12.0. The van der Waals surface area contributed by atoms with E-state index in [4.69, 9.17) is 4.74 Å². The van der Waals surface area contributed by atoms with E-state index in [1.54, 1.807) is 18.2 Å². The highest BCUT2D eigenvalue weighted by Gasteiger charge is 2.22. The number of ether oxygens (including phenoxy) is 1. The van der Waals surface area contributed by atoms with Gasteiger partial charge in [-0.3, -0.25) is 9.48 Å². The molecule has 2 rings (SSSR count). The molecule has 0 radical (unpaired) electrons. The van der Waals surface area contributed by atoms with Crippen molar-refractivity contribution < 1.29 is 19.4 Å². The van der Waals surface area contributed by atoms with Crippen molar-refractivity contribution in [3.63, 3.8) is 0 Å². The Balaban J connectivity index is 2.04. The molecule has 1 atom stereocenters. The SMILES string of the molecule is COc1ccc(C(NC(=O)CCn2cncn2)C(=O)O)cc1Br. The average molecular weight is 383 g/mol. The second-order valence-corrected chi connectivity index (χ2v) is 5.50. The highest BCUT2D eigenvalue weighted by molar-refractivity contribution is 9.10. The Kier molecular flexibility index (Phi) is 5.69. The third-order valence-corrected chi connectivity index (χ3v) is 3.72. The quantitative estimate of drug-likeness (QED) is 0.748. The van der Waals surface area contributed by atoms with Gasteiger partial charge in [0.05, 0.1) is 18.1 Å². The van der Waals surface area contributed by atoms with Crippen LogP contribution in [0.25, 0.3) is 0 Å². The molecule has 23 heavy (non-hydrogen) atoms. The van der Waals surface area contributed by atoms with E-state index in [2.05, 4.69) is 31.3 Å². The molecule has 0 bridgehead atoms. The minimum absolute atomic E-state index is 0.102. The number of aryl methyl sites for hydroxylation is 1. The highest BCUT2D eigenvalue weighted by Crippen LogP contribution is 2.28. The van der Waals surface area contributed by atoms with Crippen LogP contribution in [0, 0.1) is 0 Å². The van der Waals surface area contributed by atoms with Gasteiger partial charge in [0.2, 0.25) is 5.91 Å². The van der Waals surface area contributed by atoms with Crippen LogP contribution >= 0.6 is 15.9 Å². The monoisotopic (exact) mass is 382 g/mol. The van der Waals surface area contributed by atoms with Crippen molar-refractivity contribution in [1.29, 1.82) is 0 Å².